The second-order valence-corrected chi connectivity index (χ2v) is 4.07. The van der Waals surface area contributed by atoms with Gasteiger partial charge in [-0.05, 0) is 18.6 Å². The molecule has 0 aromatic heterocycles. The predicted octanol–water partition coefficient (Wildman–Crippen LogP) is 0.903. The molecule has 2 N–H and O–H groups in total. The van der Waals surface area contributed by atoms with Gasteiger partial charge in [-0.15, -0.1) is 0 Å². The maximum atomic E-state index is 12.0. The van der Waals surface area contributed by atoms with Gasteiger partial charge in [0, 0.05) is 19.0 Å². The fraction of sp³-hybridized carbons (Fsp3) is 0.333. The maximum absolute atomic E-state index is 12.0. The van der Waals surface area contributed by atoms with Crippen LogP contribution in [0.2, 0.25) is 0 Å². The Labute approximate surface area is 98.3 Å². The van der Waals surface area contributed by atoms with E-state index in [0.29, 0.717) is 19.4 Å². The highest BCUT2D eigenvalue weighted by Gasteiger charge is 2.24. The van der Waals surface area contributed by atoms with Crippen LogP contribution in [-0.2, 0) is 4.79 Å². The maximum Gasteiger partial charge on any atom is 0.258 e. The summed E-state index contributed by atoms with van der Waals surface area (Å²) >= 11 is 0. The number of phenolic OH excluding ortho intramolecular Hbond substituents is 2. The second-order valence-electron chi connectivity index (χ2n) is 4.07. The van der Waals surface area contributed by atoms with Crippen molar-refractivity contribution in [2.45, 2.75) is 12.8 Å². The molecule has 0 spiro atoms. The Morgan fingerprint density at radius 2 is 2.06 bits per heavy atom. The summed E-state index contributed by atoms with van der Waals surface area (Å²) in [6.45, 7) is 0.615. The highest BCUT2D eigenvalue weighted by Crippen LogP contribution is 2.24. The lowest BCUT2D eigenvalue weighted by atomic mass is 10.1. The molecular weight excluding hydrogens is 222 g/mol. The zero-order chi connectivity index (χ0) is 12.4. The zero-order valence-electron chi connectivity index (χ0n) is 9.22. The highest BCUT2D eigenvalue weighted by atomic mass is 16.3. The van der Waals surface area contributed by atoms with E-state index in [0.717, 1.165) is 6.07 Å². The Bertz CT molecular complexity index is 470. The number of carbonyl (C=O) groups excluding carboxylic acids is 2. The number of aromatic hydroxyl groups is 2. The molecule has 1 aromatic carbocycles. The number of nitrogens with zero attached hydrogens (tertiary/aromatic N) is 1. The van der Waals surface area contributed by atoms with E-state index in [1.807, 2.05) is 0 Å². The lowest BCUT2D eigenvalue weighted by Crippen LogP contribution is -2.40. The third-order valence-corrected chi connectivity index (χ3v) is 2.75. The lowest BCUT2D eigenvalue weighted by Gasteiger charge is -2.26. The second kappa shape index (κ2) is 4.45. The van der Waals surface area contributed by atoms with Crippen LogP contribution in [0, 0.1) is 0 Å². The molecule has 0 unspecified atom stereocenters. The first-order valence-electron chi connectivity index (χ1n) is 5.41. The van der Waals surface area contributed by atoms with Gasteiger partial charge in [0.15, 0.2) is 5.78 Å². The van der Waals surface area contributed by atoms with E-state index in [2.05, 4.69) is 0 Å². The van der Waals surface area contributed by atoms with Gasteiger partial charge in [0.25, 0.3) is 5.91 Å². The van der Waals surface area contributed by atoms with Crippen LogP contribution < -0.4 is 0 Å². The third kappa shape index (κ3) is 2.38. The number of rotatable bonds is 1. The molecule has 1 heterocycles. The number of Topliss-reactive ketones (excluding diaryl/α,β-unsaturated/α-hetero) is 1. The Morgan fingerprint density at radius 3 is 2.71 bits per heavy atom. The van der Waals surface area contributed by atoms with Crippen molar-refractivity contribution in [1.29, 1.82) is 0 Å². The van der Waals surface area contributed by atoms with Crippen LogP contribution in [-0.4, -0.2) is 39.9 Å². The summed E-state index contributed by atoms with van der Waals surface area (Å²) in [5, 5.41) is 18.7. The molecule has 1 aromatic rings. The number of piperidine rings is 1. The van der Waals surface area contributed by atoms with Gasteiger partial charge >= 0.3 is 0 Å². The number of likely N-dealkylation sites (tertiary alicyclic amines) is 1. The number of ketones is 1. The summed E-state index contributed by atoms with van der Waals surface area (Å²) in [5.41, 5.74) is 0.109. The fourth-order valence-electron chi connectivity index (χ4n) is 1.88. The van der Waals surface area contributed by atoms with Gasteiger partial charge in [0.05, 0.1) is 12.1 Å². The minimum absolute atomic E-state index is 0.0304. The van der Waals surface area contributed by atoms with Crippen LogP contribution >= 0.6 is 0 Å². The van der Waals surface area contributed by atoms with Crippen LogP contribution in [0.5, 0.6) is 11.5 Å². The molecule has 1 saturated heterocycles. The van der Waals surface area contributed by atoms with Gasteiger partial charge in [-0.25, -0.2) is 0 Å². The average Bonchev–Trinajstić information content (AvgIpc) is 2.28. The van der Waals surface area contributed by atoms with E-state index in [4.69, 9.17) is 5.11 Å². The molecule has 1 amide bonds. The SMILES string of the molecule is O=C1CCCN(C(=O)c2ccc(O)cc2O)C1. The van der Waals surface area contributed by atoms with Gasteiger partial charge in [0.1, 0.15) is 11.5 Å². The fourth-order valence-corrected chi connectivity index (χ4v) is 1.88. The minimum Gasteiger partial charge on any atom is -0.508 e. The molecule has 1 aliphatic heterocycles. The number of amides is 1. The Hall–Kier alpha value is -2.04. The molecule has 17 heavy (non-hydrogen) atoms. The quantitative estimate of drug-likeness (QED) is 0.758. The molecule has 1 fully saturated rings. The van der Waals surface area contributed by atoms with Crippen molar-refractivity contribution in [1.82, 2.24) is 4.90 Å². The Morgan fingerprint density at radius 1 is 1.29 bits per heavy atom. The number of hydrogen-bond acceptors (Lipinski definition) is 4. The van der Waals surface area contributed by atoms with Gasteiger partial charge < -0.3 is 15.1 Å². The third-order valence-electron chi connectivity index (χ3n) is 2.75. The van der Waals surface area contributed by atoms with Crippen molar-refractivity contribution in [3.05, 3.63) is 23.8 Å². The van der Waals surface area contributed by atoms with Crippen molar-refractivity contribution in [2.24, 2.45) is 0 Å². The number of hydrogen-bond donors (Lipinski definition) is 2. The van der Waals surface area contributed by atoms with E-state index in [-0.39, 0.29) is 35.3 Å². The molecule has 0 aliphatic carbocycles. The Balaban J connectivity index is 2.21. The first kappa shape index (κ1) is 11.4. The van der Waals surface area contributed by atoms with Gasteiger partial charge in [-0.3, -0.25) is 9.59 Å². The van der Waals surface area contributed by atoms with Crippen LogP contribution in [0.4, 0.5) is 0 Å². The van der Waals surface area contributed by atoms with E-state index >= 15 is 0 Å². The van der Waals surface area contributed by atoms with E-state index in [1.54, 1.807) is 0 Å². The first-order chi connectivity index (χ1) is 8.08. The largest absolute Gasteiger partial charge is 0.508 e. The average molecular weight is 235 g/mol. The monoisotopic (exact) mass is 235 g/mol. The lowest BCUT2D eigenvalue weighted by molar-refractivity contribution is -0.121. The summed E-state index contributed by atoms with van der Waals surface area (Å²) < 4.78 is 0. The van der Waals surface area contributed by atoms with E-state index < -0.39 is 0 Å². The van der Waals surface area contributed by atoms with Crippen molar-refractivity contribution in [2.75, 3.05) is 13.1 Å². The van der Waals surface area contributed by atoms with Crippen LogP contribution in [0.15, 0.2) is 18.2 Å². The van der Waals surface area contributed by atoms with Crippen LogP contribution in [0.3, 0.4) is 0 Å². The van der Waals surface area contributed by atoms with Gasteiger partial charge in [-0.2, -0.15) is 0 Å². The summed E-state index contributed by atoms with van der Waals surface area (Å²) in [6.07, 6.45) is 1.16. The number of carbonyl (C=O) groups is 2. The summed E-state index contributed by atoms with van der Waals surface area (Å²) in [7, 11) is 0. The predicted molar refractivity (Wildman–Crippen MR) is 59.9 cm³/mol. The number of benzene rings is 1. The molecule has 0 bridgehead atoms. The van der Waals surface area contributed by atoms with Crippen molar-refractivity contribution >= 4 is 11.7 Å². The number of phenols is 2. The normalized spacial score (nSPS) is 16.0. The first-order valence-corrected chi connectivity index (χ1v) is 5.41. The van der Waals surface area contributed by atoms with E-state index in [1.165, 1.54) is 17.0 Å². The smallest absolute Gasteiger partial charge is 0.258 e. The highest BCUT2D eigenvalue weighted by molar-refractivity contribution is 5.99. The topological polar surface area (TPSA) is 77.8 Å². The molecule has 0 saturated carbocycles. The molecule has 0 radical (unpaired) electrons. The molecule has 0 atom stereocenters. The molecule has 90 valence electrons. The van der Waals surface area contributed by atoms with Crippen LogP contribution in [0.25, 0.3) is 0 Å². The van der Waals surface area contributed by atoms with E-state index in [9.17, 15) is 14.7 Å². The summed E-state index contributed by atoms with van der Waals surface area (Å²) in [5.74, 6) is -0.722. The molecule has 2 rings (SSSR count). The summed E-state index contributed by atoms with van der Waals surface area (Å²) in [6, 6.07) is 3.80. The van der Waals surface area contributed by atoms with Crippen molar-refractivity contribution in [3.63, 3.8) is 0 Å². The van der Waals surface area contributed by atoms with Crippen molar-refractivity contribution < 1.29 is 19.8 Å². The Kier molecular flexibility index (Phi) is 2.99. The molecule has 1 aliphatic rings. The zero-order valence-corrected chi connectivity index (χ0v) is 9.22. The minimum atomic E-state index is -0.379. The molecular formula is C12H13NO4. The van der Waals surface area contributed by atoms with Gasteiger partial charge in [-0.1, -0.05) is 0 Å². The molecule has 5 nitrogen and oxygen atoms in total. The van der Waals surface area contributed by atoms with Gasteiger partial charge in [0.2, 0.25) is 0 Å². The molecule has 5 heteroatoms. The van der Waals surface area contributed by atoms with Crippen LogP contribution in [0.1, 0.15) is 23.2 Å². The van der Waals surface area contributed by atoms with Crippen molar-refractivity contribution in [3.8, 4) is 11.5 Å². The standard InChI is InChI=1S/C12H13NO4/c14-8-3-4-10(11(16)6-8)12(17)13-5-1-2-9(15)7-13/h3-4,6,14,16H,1-2,5,7H2. The summed E-state index contributed by atoms with van der Waals surface area (Å²) in [4.78, 5) is 24.7.